The van der Waals surface area contributed by atoms with Gasteiger partial charge in [0.15, 0.2) is 5.82 Å². The number of nitrogens with one attached hydrogen (secondary N) is 1. The summed E-state index contributed by atoms with van der Waals surface area (Å²) in [4.78, 5) is 18.3. The molecule has 1 aromatic carbocycles. The van der Waals surface area contributed by atoms with E-state index in [-0.39, 0.29) is 11.8 Å². The molecule has 7 nitrogen and oxygen atoms in total. The van der Waals surface area contributed by atoms with Crippen LogP contribution in [0.4, 0.5) is 0 Å². The predicted molar refractivity (Wildman–Crippen MR) is 91.0 cm³/mol. The van der Waals surface area contributed by atoms with Crippen molar-refractivity contribution in [3.8, 4) is 0 Å². The summed E-state index contributed by atoms with van der Waals surface area (Å²) in [6, 6.07) is 9.80. The van der Waals surface area contributed by atoms with Crippen molar-refractivity contribution < 1.29 is 4.79 Å². The summed E-state index contributed by atoms with van der Waals surface area (Å²) in [5.41, 5.74) is 1.80. The van der Waals surface area contributed by atoms with Gasteiger partial charge < -0.3 is 4.90 Å². The Labute approximate surface area is 139 Å². The highest BCUT2D eigenvalue weighted by atomic mass is 16.2. The number of fused-ring (bicyclic) bond motifs is 1. The molecule has 0 aliphatic carbocycles. The van der Waals surface area contributed by atoms with Gasteiger partial charge in [-0.1, -0.05) is 36.4 Å². The second-order valence-corrected chi connectivity index (χ2v) is 5.65. The average molecular weight is 322 g/mol. The molecule has 24 heavy (non-hydrogen) atoms. The van der Waals surface area contributed by atoms with Gasteiger partial charge >= 0.3 is 0 Å². The number of rotatable bonds is 5. The Balaban J connectivity index is 1.70. The third-order valence-electron chi connectivity index (χ3n) is 3.80. The molecule has 3 rings (SSSR count). The molecule has 7 heteroatoms. The number of carbonyl (C=O) groups excluding carboxylic acids is 1. The summed E-state index contributed by atoms with van der Waals surface area (Å²) < 4.78 is 0. The van der Waals surface area contributed by atoms with Crippen LogP contribution in [0.3, 0.4) is 0 Å². The van der Waals surface area contributed by atoms with Crippen molar-refractivity contribution in [3.05, 3.63) is 54.0 Å². The molecule has 0 spiro atoms. The molecule has 0 bridgehead atoms. The lowest BCUT2D eigenvalue weighted by atomic mass is 10.1. The number of pyridine rings is 1. The number of likely N-dealkylation sites (N-methyl/N-ethyl adjacent to an activating group) is 1. The van der Waals surface area contributed by atoms with Gasteiger partial charge in [-0.25, -0.2) is 0 Å². The summed E-state index contributed by atoms with van der Waals surface area (Å²) in [6.07, 6.45) is 5.11. The van der Waals surface area contributed by atoms with Crippen LogP contribution in [0, 0.1) is 0 Å². The van der Waals surface area contributed by atoms with Gasteiger partial charge in [-0.2, -0.15) is 5.21 Å². The van der Waals surface area contributed by atoms with Gasteiger partial charge in [0.25, 0.3) is 0 Å². The van der Waals surface area contributed by atoms with Crippen LogP contribution in [0.25, 0.3) is 17.0 Å². The number of para-hydroxylation sites is 1. The van der Waals surface area contributed by atoms with Crippen LogP contribution in [0.2, 0.25) is 0 Å². The highest BCUT2D eigenvalue weighted by Crippen LogP contribution is 2.17. The first-order valence-corrected chi connectivity index (χ1v) is 7.65. The van der Waals surface area contributed by atoms with Crippen molar-refractivity contribution in [2.45, 2.75) is 12.8 Å². The Morgan fingerprint density at radius 1 is 1.33 bits per heavy atom. The molecular weight excluding hydrogens is 304 g/mol. The van der Waals surface area contributed by atoms with Crippen LogP contribution in [0.15, 0.2) is 42.6 Å². The van der Waals surface area contributed by atoms with Crippen LogP contribution < -0.4 is 0 Å². The van der Waals surface area contributed by atoms with Crippen LogP contribution in [-0.4, -0.2) is 50.0 Å². The number of amides is 1. The van der Waals surface area contributed by atoms with E-state index in [0.29, 0.717) is 12.4 Å². The number of aromatic nitrogens is 5. The highest BCUT2D eigenvalue weighted by Gasteiger charge is 2.15. The minimum absolute atomic E-state index is 0.00493. The summed E-state index contributed by atoms with van der Waals surface area (Å²) in [6.45, 7) is 2.46. The van der Waals surface area contributed by atoms with Gasteiger partial charge in [0, 0.05) is 42.7 Å². The molecule has 2 aromatic heterocycles. The highest BCUT2D eigenvalue weighted by molar-refractivity contribution is 5.95. The average Bonchev–Trinajstić information content (AvgIpc) is 3.14. The van der Waals surface area contributed by atoms with Gasteiger partial charge in [0.1, 0.15) is 0 Å². The lowest BCUT2D eigenvalue weighted by molar-refractivity contribution is -0.124. The van der Waals surface area contributed by atoms with Crippen molar-refractivity contribution in [1.29, 1.82) is 0 Å². The number of hydrogen-bond acceptors (Lipinski definition) is 5. The quantitative estimate of drug-likeness (QED) is 0.726. The van der Waals surface area contributed by atoms with Crippen molar-refractivity contribution >= 4 is 22.9 Å². The van der Waals surface area contributed by atoms with E-state index in [9.17, 15) is 4.79 Å². The molecule has 1 N–H and O–H groups in total. The van der Waals surface area contributed by atoms with Gasteiger partial charge in [0.05, 0.1) is 5.52 Å². The molecular formula is C17H18N6O. The van der Waals surface area contributed by atoms with E-state index in [4.69, 9.17) is 0 Å². The largest absolute Gasteiger partial charge is 0.341 e. The Bertz CT molecular complexity index is 853. The zero-order valence-corrected chi connectivity index (χ0v) is 13.5. The standard InChI is InChI=1S/C17H18N6O/c1-12(17-19-21-22-20-17)11-23(2)15(24)9-8-14-6-3-5-13-7-4-10-18-16(13)14/h3-10,12H,11H2,1-2H3,(H,19,20,21,22)/b9-8+. The lowest BCUT2D eigenvalue weighted by Crippen LogP contribution is -2.29. The molecule has 0 saturated carbocycles. The summed E-state index contributed by atoms with van der Waals surface area (Å²) in [7, 11) is 1.75. The van der Waals surface area contributed by atoms with Gasteiger partial charge in [-0.05, 0) is 12.1 Å². The first kappa shape index (κ1) is 15.8. The third-order valence-corrected chi connectivity index (χ3v) is 3.80. The number of H-pyrrole nitrogens is 1. The Morgan fingerprint density at radius 2 is 2.17 bits per heavy atom. The second-order valence-electron chi connectivity index (χ2n) is 5.65. The minimum Gasteiger partial charge on any atom is -0.341 e. The van der Waals surface area contributed by atoms with Crippen LogP contribution in [-0.2, 0) is 4.79 Å². The van der Waals surface area contributed by atoms with Crippen molar-refractivity contribution in [2.75, 3.05) is 13.6 Å². The molecule has 3 aromatic rings. The monoisotopic (exact) mass is 322 g/mol. The first-order chi connectivity index (χ1) is 11.6. The topological polar surface area (TPSA) is 87.7 Å². The van der Waals surface area contributed by atoms with E-state index in [1.54, 1.807) is 30.3 Å². The molecule has 0 radical (unpaired) electrons. The summed E-state index contributed by atoms with van der Waals surface area (Å²) in [5.74, 6) is 0.514. The molecule has 122 valence electrons. The second kappa shape index (κ2) is 6.99. The van der Waals surface area contributed by atoms with E-state index in [1.165, 1.54) is 0 Å². The van der Waals surface area contributed by atoms with Gasteiger partial charge in [-0.3, -0.25) is 9.78 Å². The zero-order valence-electron chi connectivity index (χ0n) is 13.5. The molecule has 0 saturated heterocycles. The minimum atomic E-state index is -0.0849. The lowest BCUT2D eigenvalue weighted by Gasteiger charge is -2.18. The maximum absolute atomic E-state index is 12.3. The number of nitrogens with zero attached hydrogens (tertiary/aromatic N) is 5. The van der Waals surface area contributed by atoms with E-state index in [2.05, 4.69) is 25.6 Å². The number of aromatic amines is 1. The van der Waals surface area contributed by atoms with Crippen LogP contribution >= 0.6 is 0 Å². The fourth-order valence-corrected chi connectivity index (χ4v) is 2.51. The molecule has 1 atom stereocenters. The number of carbonyl (C=O) groups is 1. The molecule has 2 heterocycles. The van der Waals surface area contributed by atoms with Crippen LogP contribution in [0.1, 0.15) is 24.2 Å². The van der Waals surface area contributed by atoms with Gasteiger partial charge in [-0.15, -0.1) is 10.2 Å². The zero-order chi connectivity index (χ0) is 16.9. The SMILES string of the molecule is CC(CN(C)C(=O)/C=C/c1cccc2cccnc12)c1nn[nH]n1. The van der Waals surface area contributed by atoms with E-state index < -0.39 is 0 Å². The summed E-state index contributed by atoms with van der Waals surface area (Å²) in [5, 5.41) is 14.9. The van der Waals surface area contributed by atoms with Crippen molar-refractivity contribution in [2.24, 2.45) is 0 Å². The fraction of sp³-hybridized carbons (Fsp3) is 0.235. The normalized spacial score (nSPS) is 12.6. The smallest absolute Gasteiger partial charge is 0.246 e. The molecule has 0 aliphatic heterocycles. The Morgan fingerprint density at radius 3 is 2.96 bits per heavy atom. The van der Waals surface area contributed by atoms with Gasteiger partial charge in [0.2, 0.25) is 5.91 Å². The van der Waals surface area contributed by atoms with Crippen molar-refractivity contribution in [1.82, 2.24) is 30.5 Å². The maximum atomic E-state index is 12.3. The van der Waals surface area contributed by atoms with E-state index >= 15 is 0 Å². The molecule has 1 unspecified atom stereocenters. The maximum Gasteiger partial charge on any atom is 0.246 e. The van der Waals surface area contributed by atoms with Crippen LogP contribution in [0.5, 0.6) is 0 Å². The number of hydrogen-bond donors (Lipinski definition) is 1. The molecule has 0 fully saturated rings. The first-order valence-electron chi connectivity index (χ1n) is 7.65. The number of tetrazole rings is 1. The van der Waals surface area contributed by atoms with E-state index in [1.807, 2.05) is 37.3 Å². The summed E-state index contributed by atoms with van der Waals surface area (Å²) >= 11 is 0. The Kier molecular flexibility index (Phi) is 4.60. The Hall–Kier alpha value is -3.09. The fourth-order valence-electron chi connectivity index (χ4n) is 2.51. The number of benzene rings is 1. The predicted octanol–water partition coefficient (Wildman–Crippen LogP) is 2.02. The van der Waals surface area contributed by atoms with E-state index in [0.717, 1.165) is 16.5 Å². The molecule has 1 amide bonds. The third kappa shape index (κ3) is 3.45. The van der Waals surface area contributed by atoms with Crippen molar-refractivity contribution in [3.63, 3.8) is 0 Å². The molecule has 0 aliphatic rings.